The number of benzene rings is 1. The Hall–Kier alpha value is -1.16. The summed E-state index contributed by atoms with van der Waals surface area (Å²) in [5, 5.41) is 0. The standard InChI is InChI=1S/C18H28N2Si/c1-5-17(2)16-21(3,4)20-13-11-19(12-14-20)15-18-9-7-6-8-10-18/h5-10H,1-2,11-16H2,3-4H3. The van der Waals surface area contributed by atoms with E-state index >= 15 is 0 Å². The monoisotopic (exact) mass is 300 g/mol. The minimum atomic E-state index is -1.37. The van der Waals surface area contributed by atoms with Crippen molar-refractivity contribution in [2.24, 2.45) is 0 Å². The number of hydrogen-bond donors (Lipinski definition) is 0. The molecule has 1 fully saturated rings. The van der Waals surface area contributed by atoms with Crippen LogP contribution in [-0.2, 0) is 6.54 Å². The highest BCUT2D eigenvalue weighted by molar-refractivity contribution is 6.75. The molecule has 0 N–H and O–H groups in total. The molecule has 3 heteroatoms. The van der Waals surface area contributed by atoms with Gasteiger partial charge in [0.2, 0.25) is 0 Å². The van der Waals surface area contributed by atoms with E-state index in [4.69, 9.17) is 0 Å². The summed E-state index contributed by atoms with van der Waals surface area (Å²) in [6.45, 7) is 18.7. The van der Waals surface area contributed by atoms with Gasteiger partial charge < -0.3 is 4.57 Å². The topological polar surface area (TPSA) is 6.48 Å². The summed E-state index contributed by atoms with van der Waals surface area (Å²) in [6, 6.07) is 11.9. The second kappa shape index (κ2) is 7.21. The highest BCUT2D eigenvalue weighted by atomic mass is 28.3. The third kappa shape index (κ3) is 4.66. The third-order valence-corrected chi connectivity index (χ3v) is 7.90. The Morgan fingerprint density at radius 1 is 1.14 bits per heavy atom. The minimum Gasteiger partial charge on any atom is -0.321 e. The lowest BCUT2D eigenvalue weighted by atomic mass is 10.2. The summed E-state index contributed by atoms with van der Waals surface area (Å²) in [5.74, 6) is 0. The van der Waals surface area contributed by atoms with Gasteiger partial charge in [-0.1, -0.05) is 68.2 Å². The second-order valence-electron chi connectivity index (χ2n) is 6.60. The predicted octanol–water partition coefficient (Wildman–Crippen LogP) is 3.75. The zero-order valence-electron chi connectivity index (χ0n) is 13.5. The Bertz CT molecular complexity index is 473. The van der Waals surface area contributed by atoms with Crippen molar-refractivity contribution in [2.45, 2.75) is 25.7 Å². The maximum Gasteiger partial charge on any atom is 0.126 e. The summed E-state index contributed by atoms with van der Waals surface area (Å²) in [5.41, 5.74) is 2.61. The van der Waals surface area contributed by atoms with Crippen LogP contribution in [-0.4, -0.2) is 43.9 Å². The summed E-state index contributed by atoms with van der Waals surface area (Å²) in [7, 11) is -1.37. The van der Waals surface area contributed by atoms with E-state index in [9.17, 15) is 0 Å². The molecule has 1 aromatic rings. The normalized spacial score (nSPS) is 17.6. The van der Waals surface area contributed by atoms with Gasteiger partial charge in [-0.25, -0.2) is 0 Å². The van der Waals surface area contributed by atoms with Crippen LogP contribution in [0.25, 0.3) is 0 Å². The molecule has 1 aliphatic rings. The number of rotatable bonds is 6. The number of hydrogen-bond acceptors (Lipinski definition) is 2. The van der Waals surface area contributed by atoms with Crippen LogP contribution in [0.1, 0.15) is 5.56 Å². The number of nitrogens with zero attached hydrogens (tertiary/aromatic N) is 2. The number of allylic oxidation sites excluding steroid dienone is 2. The summed E-state index contributed by atoms with van der Waals surface area (Å²) >= 11 is 0. The highest BCUT2D eigenvalue weighted by Gasteiger charge is 2.32. The molecule has 0 aliphatic carbocycles. The Morgan fingerprint density at radius 2 is 1.76 bits per heavy atom. The average molecular weight is 301 g/mol. The zero-order valence-corrected chi connectivity index (χ0v) is 14.5. The molecule has 1 aromatic carbocycles. The first-order valence-electron chi connectivity index (χ1n) is 7.83. The van der Waals surface area contributed by atoms with Gasteiger partial charge in [0.1, 0.15) is 8.24 Å². The van der Waals surface area contributed by atoms with Crippen LogP contribution in [0.3, 0.4) is 0 Å². The van der Waals surface area contributed by atoms with E-state index in [2.05, 4.69) is 66.0 Å². The molecule has 0 unspecified atom stereocenters. The van der Waals surface area contributed by atoms with Crippen LogP contribution < -0.4 is 0 Å². The maximum absolute atomic E-state index is 4.10. The SMILES string of the molecule is C=CC(=C)C[Si](C)(C)N1CCN(Cc2ccccc2)CC1. The summed E-state index contributed by atoms with van der Waals surface area (Å²) in [6.07, 6.45) is 1.92. The molecule has 2 nitrogen and oxygen atoms in total. The lowest BCUT2D eigenvalue weighted by Gasteiger charge is -2.43. The molecule has 0 radical (unpaired) electrons. The fourth-order valence-corrected chi connectivity index (χ4v) is 5.98. The van der Waals surface area contributed by atoms with Crippen molar-refractivity contribution in [1.82, 2.24) is 9.47 Å². The fraction of sp³-hybridized carbons (Fsp3) is 0.444. The van der Waals surface area contributed by atoms with Crippen molar-refractivity contribution in [2.75, 3.05) is 26.2 Å². The second-order valence-corrected chi connectivity index (χ2v) is 11.2. The fourth-order valence-electron chi connectivity index (χ4n) is 3.09. The van der Waals surface area contributed by atoms with Crippen LogP contribution in [0.4, 0.5) is 0 Å². The largest absolute Gasteiger partial charge is 0.321 e. The quantitative estimate of drug-likeness (QED) is 0.583. The smallest absolute Gasteiger partial charge is 0.126 e. The third-order valence-electron chi connectivity index (χ3n) is 4.43. The van der Waals surface area contributed by atoms with Crippen LogP contribution in [0, 0.1) is 0 Å². The van der Waals surface area contributed by atoms with Crippen LogP contribution >= 0.6 is 0 Å². The maximum atomic E-state index is 4.10. The van der Waals surface area contributed by atoms with Crippen LogP contribution in [0.5, 0.6) is 0 Å². The van der Waals surface area contributed by atoms with Crippen molar-refractivity contribution < 1.29 is 0 Å². The van der Waals surface area contributed by atoms with E-state index < -0.39 is 8.24 Å². The van der Waals surface area contributed by atoms with Crippen molar-refractivity contribution in [3.63, 3.8) is 0 Å². The first-order valence-corrected chi connectivity index (χ1v) is 11.0. The Morgan fingerprint density at radius 3 is 2.33 bits per heavy atom. The van der Waals surface area contributed by atoms with Crippen molar-refractivity contribution in [3.05, 3.63) is 60.7 Å². The van der Waals surface area contributed by atoms with Crippen molar-refractivity contribution >= 4 is 8.24 Å². The van der Waals surface area contributed by atoms with E-state index in [1.54, 1.807) is 0 Å². The molecule has 1 heterocycles. The van der Waals surface area contributed by atoms with E-state index in [1.807, 2.05) is 6.08 Å². The minimum absolute atomic E-state index is 1.08. The molecule has 1 aliphatic heterocycles. The Labute approximate surface area is 130 Å². The molecule has 0 bridgehead atoms. The Kier molecular flexibility index (Phi) is 5.56. The average Bonchev–Trinajstić information content (AvgIpc) is 2.48. The lowest BCUT2D eigenvalue weighted by Crippen LogP contribution is -2.57. The van der Waals surface area contributed by atoms with Gasteiger partial charge in [0, 0.05) is 32.7 Å². The van der Waals surface area contributed by atoms with Gasteiger partial charge in [-0.05, 0) is 11.6 Å². The molecular formula is C18H28N2Si. The van der Waals surface area contributed by atoms with Gasteiger partial charge in [-0.3, -0.25) is 4.90 Å². The van der Waals surface area contributed by atoms with E-state index in [0.29, 0.717) is 0 Å². The molecule has 0 amide bonds. The molecular weight excluding hydrogens is 272 g/mol. The zero-order chi connectivity index (χ0) is 15.3. The molecule has 0 saturated carbocycles. The van der Waals surface area contributed by atoms with Gasteiger partial charge in [-0.15, -0.1) is 0 Å². The Balaban J connectivity index is 1.85. The molecule has 21 heavy (non-hydrogen) atoms. The molecule has 0 aromatic heterocycles. The first kappa shape index (κ1) is 16.2. The van der Waals surface area contributed by atoms with Gasteiger partial charge in [-0.2, -0.15) is 0 Å². The van der Waals surface area contributed by atoms with E-state index in [-0.39, 0.29) is 0 Å². The summed E-state index contributed by atoms with van der Waals surface area (Å²) < 4.78 is 2.73. The first-order chi connectivity index (χ1) is 10.0. The molecule has 1 saturated heterocycles. The van der Waals surface area contributed by atoms with Crippen molar-refractivity contribution in [1.29, 1.82) is 0 Å². The molecule has 114 valence electrons. The predicted molar refractivity (Wildman–Crippen MR) is 94.9 cm³/mol. The molecule has 0 spiro atoms. The molecule has 2 rings (SSSR count). The number of piperazine rings is 1. The van der Waals surface area contributed by atoms with E-state index in [1.165, 1.54) is 37.3 Å². The van der Waals surface area contributed by atoms with Gasteiger partial charge in [0.05, 0.1) is 0 Å². The summed E-state index contributed by atoms with van der Waals surface area (Å²) in [4.78, 5) is 2.57. The van der Waals surface area contributed by atoms with Gasteiger partial charge in [0.25, 0.3) is 0 Å². The van der Waals surface area contributed by atoms with Crippen molar-refractivity contribution in [3.8, 4) is 0 Å². The highest BCUT2D eigenvalue weighted by Crippen LogP contribution is 2.22. The van der Waals surface area contributed by atoms with Gasteiger partial charge >= 0.3 is 0 Å². The lowest BCUT2D eigenvalue weighted by molar-refractivity contribution is 0.176. The van der Waals surface area contributed by atoms with E-state index in [0.717, 1.165) is 12.6 Å². The molecule has 0 atom stereocenters. The van der Waals surface area contributed by atoms with Crippen LogP contribution in [0.2, 0.25) is 19.1 Å². The van der Waals surface area contributed by atoms with Crippen LogP contribution in [0.15, 0.2) is 55.1 Å². The van der Waals surface area contributed by atoms with Gasteiger partial charge in [0.15, 0.2) is 0 Å².